The lowest BCUT2D eigenvalue weighted by Crippen LogP contribution is -2.37. The number of furan rings is 1. The van der Waals surface area contributed by atoms with E-state index in [4.69, 9.17) is 24.1 Å². The molecule has 0 saturated carbocycles. The number of benzene rings is 7. The highest BCUT2D eigenvalue weighted by atomic mass is 16.5. The van der Waals surface area contributed by atoms with E-state index in [9.17, 15) is 0 Å². The van der Waals surface area contributed by atoms with Crippen molar-refractivity contribution in [3.63, 3.8) is 0 Å². The van der Waals surface area contributed by atoms with E-state index in [2.05, 4.69) is 133 Å². The van der Waals surface area contributed by atoms with E-state index in [1.165, 1.54) is 22.3 Å². The number of hydrogen-bond donors (Lipinski definition) is 0. The molecule has 268 valence electrons. The Morgan fingerprint density at radius 3 is 2.00 bits per heavy atom. The van der Waals surface area contributed by atoms with Gasteiger partial charge in [0.05, 0.1) is 5.41 Å². The molecule has 3 atom stereocenters. The van der Waals surface area contributed by atoms with Crippen molar-refractivity contribution >= 4 is 21.9 Å². The zero-order valence-corrected chi connectivity index (χ0v) is 30.7. The fourth-order valence-corrected chi connectivity index (χ4v) is 9.66. The molecule has 3 unspecified atom stereocenters. The minimum atomic E-state index is -0.422. The van der Waals surface area contributed by atoms with Gasteiger partial charge in [-0.15, -0.1) is 0 Å². The summed E-state index contributed by atoms with van der Waals surface area (Å²) in [4.78, 5) is 15.2. The Labute approximate surface area is 329 Å². The van der Waals surface area contributed by atoms with Crippen molar-refractivity contribution in [1.82, 2.24) is 15.0 Å². The van der Waals surface area contributed by atoms with Gasteiger partial charge < -0.3 is 9.15 Å². The van der Waals surface area contributed by atoms with Crippen LogP contribution in [0.25, 0.3) is 67.2 Å². The Kier molecular flexibility index (Phi) is 6.90. The maximum absolute atomic E-state index is 7.01. The molecule has 9 aromatic rings. The average Bonchev–Trinajstić information content (AvgIpc) is 3.80. The van der Waals surface area contributed by atoms with Gasteiger partial charge in [0, 0.05) is 56.0 Å². The van der Waals surface area contributed by atoms with Crippen LogP contribution in [-0.2, 0) is 5.41 Å². The predicted octanol–water partition coefficient (Wildman–Crippen LogP) is 12.7. The summed E-state index contributed by atoms with van der Waals surface area (Å²) in [5.41, 5.74) is 11.0. The Bertz CT molecular complexity index is 3140. The summed E-state index contributed by atoms with van der Waals surface area (Å²) in [5, 5.41) is 2.15. The second kappa shape index (κ2) is 12.3. The van der Waals surface area contributed by atoms with Gasteiger partial charge in [0.25, 0.3) is 0 Å². The van der Waals surface area contributed by atoms with E-state index in [-0.39, 0.29) is 11.8 Å². The molecule has 1 spiro atoms. The third-order valence-corrected chi connectivity index (χ3v) is 12.1. The lowest BCUT2D eigenvalue weighted by atomic mass is 9.61. The molecule has 3 heterocycles. The van der Waals surface area contributed by atoms with Crippen LogP contribution < -0.4 is 4.74 Å². The molecule has 2 aliphatic carbocycles. The van der Waals surface area contributed by atoms with Gasteiger partial charge in [0.2, 0.25) is 0 Å². The molecule has 3 aliphatic rings. The fourth-order valence-electron chi connectivity index (χ4n) is 9.66. The molecule has 0 bridgehead atoms. The van der Waals surface area contributed by atoms with Crippen molar-refractivity contribution < 1.29 is 9.15 Å². The van der Waals surface area contributed by atoms with Gasteiger partial charge in [-0.05, 0) is 47.0 Å². The zero-order valence-electron chi connectivity index (χ0n) is 30.7. The van der Waals surface area contributed by atoms with Crippen LogP contribution in [0.15, 0.2) is 193 Å². The number of aromatic nitrogens is 3. The van der Waals surface area contributed by atoms with Crippen LogP contribution in [0, 0.1) is 5.92 Å². The topological polar surface area (TPSA) is 61.0 Å². The second-order valence-electron chi connectivity index (χ2n) is 15.1. The van der Waals surface area contributed by atoms with Crippen molar-refractivity contribution in [2.75, 3.05) is 0 Å². The first-order valence-electron chi connectivity index (χ1n) is 19.4. The molecule has 0 fully saturated rings. The van der Waals surface area contributed by atoms with Gasteiger partial charge in [-0.1, -0.05) is 158 Å². The number of nitrogens with zero attached hydrogens (tertiary/aromatic N) is 3. The van der Waals surface area contributed by atoms with E-state index in [1.807, 2.05) is 54.6 Å². The number of hydrogen-bond acceptors (Lipinski definition) is 5. The molecule has 0 amide bonds. The zero-order chi connectivity index (χ0) is 37.5. The van der Waals surface area contributed by atoms with Gasteiger partial charge in [0.15, 0.2) is 17.5 Å². The van der Waals surface area contributed by atoms with Crippen molar-refractivity contribution in [2.45, 2.75) is 11.3 Å². The molecular weight excluding hydrogens is 699 g/mol. The molecule has 1 aliphatic heterocycles. The van der Waals surface area contributed by atoms with Crippen molar-refractivity contribution in [3.05, 3.63) is 210 Å². The Morgan fingerprint density at radius 2 is 1.11 bits per heavy atom. The number of rotatable bonds is 4. The highest BCUT2D eigenvalue weighted by Crippen LogP contribution is 2.65. The molecule has 5 heteroatoms. The molecule has 5 nitrogen and oxygen atoms in total. The molecule has 7 aromatic carbocycles. The molecule has 0 radical (unpaired) electrons. The van der Waals surface area contributed by atoms with Gasteiger partial charge in [0.1, 0.15) is 22.7 Å². The normalized spacial score (nSPS) is 18.6. The summed E-state index contributed by atoms with van der Waals surface area (Å²) in [5.74, 6) is 4.01. The van der Waals surface area contributed by atoms with Crippen LogP contribution in [0.5, 0.6) is 11.5 Å². The monoisotopic (exact) mass is 731 g/mol. The summed E-state index contributed by atoms with van der Waals surface area (Å²) in [6.07, 6.45) is 9.17. The van der Waals surface area contributed by atoms with Gasteiger partial charge in [-0.25, -0.2) is 15.0 Å². The van der Waals surface area contributed by atoms with Gasteiger partial charge in [-0.3, -0.25) is 0 Å². The summed E-state index contributed by atoms with van der Waals surface area (Å²) in [6.45, 7) is 0. The largest absolute Gasteiger partial charge is 0.456 e. The van der Waals surface area contributed by atoms with E-state index < -0.39 is 5.41 Å². The first-order chi connectivity index (χ1) is 28.2. The maximum Gasteiger partial charge on any atom is 0.164 e. The van der Waals surface area contributed by atoms with Crippen LogP contribution in [0.1, 0.15) is 28.2 Å². The third-order valence-electron chi connectivity index (χ3n) is 12.1. The second-order valence-corrected chi connectivity index (χ2v) is 15.1. The summed E-state index contributed by atoms with van der Waals surface area (Å²) in [7, 11) is 0. The van der Waals surface area contributed by atoms with Crippen LogP contribution in [-0.4, -0.2) is 15.0 Å². The van der Waals surface area contributed by atoms with Crippen molar-refractivity contribution in [2.24, 2.45) is 5.92 Å². The van der Waals surface area contributed by atoms with Gasteiger partial charge in [-0.2, -0.15) is 0 Å². The van der Waals surface area contributed by atoms with E-state index in [1.54, 1.807) is 0 Å². The molecular formula is C52H33N3O2. The Morgan fingerprint density at radius 1 is 0.456 bits per heavy atom. The number of fused-ring (bicyclic) bond motifs is 12. The highest BCUT2D eigenvalue weighted by Gasteiger charge is 2.56. The summed E-state index contributed by atoms with van der Waals surface area (Å²) >= 11 is 0. The highest BCUT2D eigenvalue weighted by molar-refractivity contribution is 6.05. The first kappa shape index (κ1) is 31.9. The van der Waals surface area contributed by atoms with Gasteiger partial charge >= 0.3 is 0 Å². The quantitative estimate of drug-likeness (QED) is 0.180. The lowest BCUT2D eigenvalue weighted by Gasteiger charge is -2.43. The average molecular weight is 732 g/mol. The lowest BCUT2D eigenvalue weighted by molar-refractivity contribution is 0.375. The van der Waals surface area contributed by atoms with Crippen LogP contribution in [0.4, 0.5) is 0 Å². The van der Waals surface area contributed by atoms with Crippen LogP contribution >= 0.6 is 0 Å². The van der Waals surface area contributed by atoms with E-state index in [0.29, 0.717) is 17.5 Å². The number of para-hydroxylation sites is 3. The molecule has 12 rings (SSSR count). The summed E-state index contributed by atoms with van der Waals surface area (Å²) < 4.78 is 13.3. The molecule has 2 aromatic heterocycles. The van der Waals surface area contributed by atoms with Crippen molar-refractivity contribution in [3.8, 4) is 56.8 Å². The minimum Gasteiger partial charge on any atom is -0.456 e. The number of ether oxygens (including phenoxy) is 1. The third kappa shape index (κ3) is 4.72. The molecule has 0 saturated heterocycles. The first-order valence-corrected chi connectivity index (χ1v) is 19.4. The molecule has 57 heavy (non-hydrogen) atoms. The smallest absolute Gasteiger partial charge is 0.164 e. The molecule has 0 N–H and O–H groups in total. The van der Waals surface area contributed by atoms with E-state index >= 15 is 0 Å². The van der Waals surface area contributed by atoms with Crippen LogP contribution in [0.2, 0.25) is 0 Å². The van der Waals surface area contributed by atoms with E-state index in [0.717, 1.165) is 61.3 Å². The van der Waals surface area contributed by atoms with Crippen LogP contribution in [0.3, 0.4) is 0 Å². The standard InChI is InChI=1S/C52H33N3O2/c1-2-14-32(15-3-1)49-53-50(55-51(54-49)35-28-29-40-39-20-6-10-26-45(39)56-47(40)31-35)34-17-12-16-33(30-34)36-21-13-25-44-48(36)57-46-27-11-9-24-43(46)52(44)41-22-7-4-18-37(41)38-19-5-8-23-42(38)52/h1-31,37,41H. The Balaban J connectivity index is 1.03. The number of allylic oxidation sites excluding steroid dienone is 4. The van der Waals surface area contributed by atoms with Crippen molar-refractivity contribution in [1.29, 1.82) is 0 Å². The Hall–Kier alpha value is -7.37. The predicted molar refractivity (Wildman–Crippen MR) is 226 cm³/mol. The minimum absolute atomic E-state index is 0.198. The maximum atomic E-state index is 7.01. The SMILES string of the molecule is C1=CC2c3ccccc3C3(c4ccccc4Oc4c(-c5cccc(-c6nc(-c7ccccc7)nc(-c7ccc8c(c7)oc7ccccc78)n6)c5)cccc43)C2C=C1. The summed E-state index contributed by atoms with van der Waals surface area (Å²) in [6, 6.07) is 57.1. The fraction of sp³-hybridized carbons (Fsp3) is 0.0577.